The van der Waals surface area contributed by atoms with Gasteiger partial charge in [-0.3, -0.25) is 4.79 Å². The van der Waals surface area contributed by atoms with E-state index >= 15 is 0 Å². The number of carbonyl (C=O) groups is 1. The molecule has 0 radical (unpaired) electrons. The number of halogens is 1. The second-order valence-corrected chi connectivity index (χ2v) is 4.95. The molecule has 110 valence electrons. The number of aromatic nitrogens is 1. The van der Waals surface area contributed by atoms with E-state index in [1.54, 1.807) is 0 Å². The molecule has 2 aromatic rings. The Bertz CT molecular complexity index is 580. The molecule has 1 unspecified atom stereocenters. The first-order valence-electron chi connectivity index (χ1n) is 6.67. The molecule has 1 atom stereocenters. The number of nitrogens with one attached hydrogen (secondary N) is 2. The van der Waals surface area contributed by atoms with Crippen LogP contribution in [0, 0.1) is 12.8 Å². The van der Waals surface area contributed by atoms with E-state index in [9.17, 15) is 4.79 Å². The first kappa shape index (κ1) is 16.5. The van der Waals surface area contributed by atoms with Crippen LogP contribution in [0.2, 0.25) is 0 Å². The number of amides is 1. The van der Waals surface area contributed by atoms with Crippen LogP contribution >= 0.6 is 12.4 Å². The number of aryl methyl sites for hydroxylation is 1. The summed E-state index contributed by atoms with van der Waals surface area (Å²) in [6, 6.07) is 8.24. The van der Waals surface area contributed by atoms with E-state index in [4.69, 9.17) is 5.73 Å². The molecule has 2 rings (SSSR count). The Morgan fingerprint density at radius 1 is 1.40 bits per heavy atom. The Balaban J connectivity index is 0.00000200. The van der Waals surface area contributed by atoms with Gasteiger partial charge >= 0.3 is 0 Å². The maximum absolute atomic E-state index is 11.7. The van der Waals surface area contributed by atoms with Crippen LogP contribution in [0.5, 0.6) is 0 Å². The van der Waals surface area contributed by atoms with Crippen LogP contribution in [0.25, 0.3) is 10.9 Å². The van der Waals surface area contributed by atoms with Crippen LogP contribution in [0.4, 0.5) is 0 Å². The van der Waals surface area contributed by atoms with Crippen molar-refractivity contribution in [3.8, 4) is 0 Å². The summed E-state index contributed by atoms with van der Waals surface area (Å²) in [5.74, 6) is -0.0935. The highest BCUT2D eigenvalue weighted by Gasteiger charge is 2.11. The molecule has 0 aliphatic heterocycles. The quantitative estimate of drug-likeness (QED) is 0.791. The van der Waals surface area contributed by atoms with E-state index in [-0.39, 0.29) is 24.2 Å². The van der Waals surface area contributed by atoms with E-state index < -0.39 is 0 Å². The Kier molecular flexibility index (Phi) is 6.05. The first-order chi connectivity index (χ1) is 9.13. The average Bonchev–Trinajstić information content (AvgIpc) is 2.74. The smallest absolute Gasteiger partial charge is 0.224 e. The van der Waals surface area contributed by atoms with Crippen molar-refractivity contribution in [2.45, 2.75) is 20.3 Å². The number of aromatic amines is 1. The minimum atomic E-state index is -0.121. The van der Waals surface area contributed by atoms with Crippen molar-refractivity contribution in [1.82, 2.24) is 10.3 Å². The molecule has 1 aromatic carbocycles. The monoisotopic (exact) mass is 295 g/mol. The highest BCUT2D eigenvalue weighted by atomic mass is 35.5. The number of hydrogen-bond donors (Lipinski definition) is 3. The fourth-order valence-electron chi connectivity index (χ4n) is 2.25. The summed E-state index contributed by atoms with van der Waals surface area (Å²) < 4.78 is 0. The maximum atomic E-state index is 11.7. The van der Waals surface area contributed by atoms with Gasteiger partial charge in [-0.2, -0.15) is 0 Å². The molecule has 4 N–H and O–H groups in total. The van der Waals surface area contributed by atoms with Gasteiger partial charge in [0.15, 0.2) is 0 Å². The van der Waals surface area contributed by atoms with Crippen LogP contribution in [-0.4, -0.2) is 24.0 Å². The fraction of sp³-hybridized carbons (Fsp3) is 0.400. The van der Waals surface area contributed by atoms with Gasteiger partial charge in [0.25, 0.3) is 0 Å². The standard InChI is InChI=1S/C15H21N3O.ClH/c1-10(9-16)15(19)17-8-7-12-11(2)18-14-6-4-3-5-13(12)14;/h3-6,10,18H,7-9,16H2,1-2H3,(H,17,19);1H. The van der Waals surface area contributed by atoms with E-state index in [2.05, 4.69) is 29.4 Å². The number of carbonyl (C=O) groups excluding carboxylic acids is 1. The molecule has 0 spiro atoms. The van der Waals surface area contributed by atoms with Crippen LogP contribution in [0.1, 0.15) is 18.2 Å². The van der Waals surface area contributed by atoms with Gasteiger partial charge in [-0.1, -0.05) is 25.1 Å². The zero-order valence-corrected chi connectivity index (χ0v) is 12.7. The van der Waals surface area contributed by atoms with Gasteiger partial charge in [-0.25, -0.2) is 0 Å². The van der Waals surface area contributed by atoms with Crippen molar-refractivity contribution >= 4 is 29.2 Å². The Labute approximate surface area is 125 Å². The third kappa shape index (κ3) is 3.52. The second-order valence-electron chi connectivity index (χ2n) is 4.95. The Hall–Kier alpha value is -1.52. The van der Waals surface area contributed by atoms with Gasteiger partial charge in [-0.05, 0) is 25.0 Å². The predicted molar refractivity (Wildman–Crippen MR) is 85.2 cm³/mol. The van der Waals surface area contributed by atoms with Crippen molar-refractivity contribution in [3.05, 3.63) is 35.5 Å². The average molecular weight is 296 g/mol. The largest absolute Gasteiger partial charge is 0.358 e. The molecular weight excluding hydrogens is 274 g/mol. The van der Waals surface area contributed by atoms with E-state index in [1.165, 1.54) is 16.6 Å². The molecule has 1 aromatic heterocycles. The molecule has 4 nitrogen and oxygen atoms in total. The molecule has 5 heteroatoms. The highest BCUT2D eigenvalue weighted by molar-refractivity contribution is 5.85. The molecule has 0 bridgehead atoms. The third-order valence-electron chi connectivity index (χ3n) is 3.50. The molecule has 0 saturated heterocycles. The van der Waals surface area contributed by atoms with Crippen molar-refractivity contribution in [1.29, 1.82) is 0 Å². The summed E-state index contributed by atoms with van der Waals surface area (Å²) in [7, 11) is 0. The van der Waals surface area contributed by atoms with Crippen LogP contribution in [0.3, 0.4) is 0 Å². The van der Waals surface area contributed by atoms with Gasteiger partial charge < -0.3 is 16.0 Å². The first-order valence-corrected chi connectivity index (χ1v) is 6.67. The number of H-pyrrole nitrogens is 1. The van der Waals surface area contributed by atoms with Gasteiger partial charge in [-0.15, -0.1) is 12.4 Å². The lowest BCUT2D eigenvalue weighted by molar-refractivity contribution is -0.124. The number of rotatable bonds is 5. The number of fused-ring (bicyclic) bond motifs is 1. The number of nitrogens with two attached hydrogens (primary N) is 1. The molecule has 0 fully saturated rings. The second kappa shape index (κ2) is 7.31. The SMILES string of the molecule is Cc1[nH]c2ccccc2c1CCNC(=O)C(C)CN.Cl. The highest BCUT2D eigenvalue weighted by Crippen LogP contribution is 2.21. The minimum absolute atomic E-state index is 0. The molecule has 0 saturated carbocycles. The Morgan fingerprint density at radius 3 is 2.80 bits per heavy atom. The summed E-state index contributed by atoms with van der Waals surface area (Å²) in [4.78, 5) is 15.0. The summed E-state index contributed by atoms with van der Waals surface area (Å²) >= 11 is 0. The maximum Gasteiger partial charge on any atom is 0.224 e. The molecule has 0 aliphatic carbocycles. The van der Waals surface area contributed by atoms with Crippen molar-refractivity contribution in [2.24, 2.45) is 11.7 Å². The zero-order chi connectivity index (χ0) is 13.8. The van der Waals surface area contributed by atoms with E-state index in [0.29, 0.717) is 13.1 Å². The van der Waals surface area contributed by atoms with Crippen LogP contribution in [-0.2, 0) is 11.2 Å². The van der Waals surface area contributed by atoms with Crippen molar-refractivity contribution in [3.63, 3.8) is 0 Å². The number of hydrogen-bond acceptors (Lipinski definition) is 2. The van der Waals surface area contributed by atoms with Crippen molar-refractivity contribution in [2.75, 3.05) is 13.1 Å². The molecule has 0 aliphatic rings. The topological polar surface area (TPSA) is 70.9 Å². The normalized spacial score (nSPS) is 11.9. The van der Waals surface area contributed by atoms with E-state index in [1.807, 2.05) is 19.1 Å². The molecular formula is C15H22ClN3O. The van der Waals surface area contributed by atoms with Crippen molar-refractivity contribution < 1.29 is 4.79 Å². The van der Waals surface area contributed by atoms with Gasteiger partial charge in [0.2, 0.25) is 5.91 Å². The summed E-state index contributed by atoms with van der Waals surface area (Å²) in [6.45, 7) is 4.94. The minimum Gasteiger partial charge on any atom is -0.358 e. The fourth-order valence-corrected chi connectivity index (χ4v) is 2.25. The van der Waals surface area contributed by atoms with E-state index in [0.717, 1.165) is 11.9 Å². The third-order valence-corrected chi connectivity index (χ3v) is 3.50. The molecule has 20 heavy (non-hydrogen) atoms. The van der Waals surface area contributed by atoms with Crippen LogP contribution in [0.15, 0.2) is 24.3 Å². The van der Waals surface area contributed by atoms with Crippen LogP contribution < -0.4 is 11.1 Å². The lowest BCUT2D eigenvalue weighted by atomic mass is 10.1. The summed E-state index contributed by atoms with van der Waals surface area (Å²) in [6.07, 6.45) is 0.832. The van der Waals surface area contributed by atoms with Gasteiger partial charge in [0.1, 0.15) is 0 Å². The number of para-hydroxylation sites is 1. The molecule has 1 heterocycles. The van der Waals surface area contributed by atoms with Gasteiger partial charge in [0.05, 0.1) is 0 Å². The summed E-state index contributed by atoms with van der Waals surface area (Å²) in [5, 5.41) is 4.17. The predicted octanol–water partition coefficient (Wildman–Crippen LogP) is 2.15. The number of benzene rings is 1. The Morgan fingerprint density at radius 2 is 2.10 bits per heavy atom. The molecule has 1 amide bonds. The van der Waals surface area contributed by atoms with Gasteiger partial charge in [0, 0.05) is 35.6 Å². The lowest BCUT2D eigenvalue weighted by Crippen LogP contribution is -2.34. The zero-order valence-electron chi connectivity index (χ0n) is 11.9. The summed E-state index contributed by atoms with van der Waals surface area (Å²) in [5.41, 5.74) is 9.06. The lowest BCUT2D eigenvalue weighted by Gasteiger charge is -2.09.